The van der Waals surface area contributed by atoms with Gasteiger partial charge in [-0.05, 0) is 44.5 Å². The number of hydrogen-bond donors (Lipinski definition) is 1. The van der Waals surface area contributed by atoms with E-state index in [2.05, 4.69) is 15.0 Å². The second kappa shape index (κ2) is 7.93. The quantitative estimate of drug-likeness (QED) is 0.822. The Labute approximate surface area is 145 Å². The molecule has 1 saturated heterocycles. The van der Waals surface area contributed by atoms with E-state index >= 15 is 0 Å². The molecule has 1 N–H and O–H groups in total. The van der Waals surface area contributed by atoms with Gasteiger partial charge in [-0.3, -0.25) is 4.98 Å². The number of nitrogens with zero attached hydrogens (tertiary/aromatic N) is 1. The Kier molecular flexibility index (Phi) is 5.65. The molecule has 1 aromatic heterocycles. The molecule has 25 heavy (non-hydrogen) atoms. The lowest BCUT2D eigenvalue weighted by molar-refractivity contribution is -0.0497. The fourth-order valence-electron chi connectivity index (χ4n) is 2.86. The predicted molar refractivity (Wildman–Crippen MR) is 91.4 cm³/mol. The van der Waals surface area contributed by atoms with Gasteiger partial charge in [0.1, 0.15) is 5.75 Å². The number of halogens is 2. The fourth-order valence-corrected chi connectivity index (χ4v) is 2.86. The molecule has 7 heteroatoms. The van der Waals surface area contributed by atoms with E-state index in [1.54, 1.807) is 12.1 Å². The average Bonchev–Trinajstić information content (AvgIpc) is 3.06. The van der Waals surface area contributed by atoms with Gasteiger partial charge < -0.3 is 19.5 Å². The summed E-state index contributed by atoms with van der Waals surface area (Å²) in [5, 5.41) is 4.12. The minimum atomic E-state index is -2.85. The summed E-state index contributed by atoms with van der Waals surface area (Å²) in [5.74, 6) is 0.114. The molecular formula is C18H22F2N2O3. The van der Waals surface area contributed by atoms with E-state index in [0.717, 1.165) is 35.3 Å². The molecule has 0 amide bonds. The summed E-state index contributed by atoms with van der Waals surface area (Å²) in [6, 6.07) is 6.70. The van der Waals surface area contributed by atoms with Crippen LogP contribution in [-0.4, -0.2) is 43.6 Å². The van der Waals surface area contributed by atoms with Gasteiger partial charge in [-0.1, -0.05) is 0 Å². The standard InChI is InChI=1S/C18H22F2N2O3/c1-11-7-17(22-12(2)9-24-14-5-6-23-10-14)15-8-13(25-18(19)20)3-4-16(15)21-11/h3-4,7-8,12,14,18H,5-6,9-10H2,1-2H3,(H,21,22). The summed E-state index contributed by atoms with van der Waals surface area (Å²) in [4.78, 5) is 4.44. The molecule has 5 nitrogen and oxygen atoms in total. The van der Waals surface area contributed by atoms with E-state index in [9.17, 15) is 8.78 Å². The van der Waals surface area contributed by atoms with Crippen LogP contribution in [0.15, 0.2) is 24.3 Å². The molecule has 0 radical (unpaired) electrons. The van der Waals surface area contributed by atoms with Crippen LogP contribution in [0.5, 0.6) is 5.75 Å². The highest BCUT2D eigenvalue weighted by Crippen LogP contribution is 2.28. The van der Waals surface area contributed by atoms with Gasteiger partial charge in [-0.15, -0.1) is 0 Å². The fraction of sp³-hybridized carbons (Fsp3) is 0.500. The van der Waals surface area contributed by atoms with Crippen LogP contribution in [0.3, 0.4) is 0 Å². The van der Waals surface area contributed by atoms with Gasteiger partial charge in [0.15, 0.2) is 0 Å². The van der Waals surface area contributed by atoms with Crippen LogP contribution in [0.2, 0.25) is 0 Å². The second-order valence-corrected chi connectivity index (χ2v) is 6.23. The first kappa shape index (κ1) is 17.8. The Balaban J connectivity index is 1.75. The largest absolute Gasteiger partial charge is 0.435 e. The molecule has 2 heterocycles. The summed E-state index contributed by atoms with van der Waals surface area (Å²) in [6.07, 6.45) is 1.06. The first-order valence-corrected chi connectivity index (χ1v) is 8.33. The van der Waals surface area contributed by atoms with Crippen LogP contribution in [0.25, 0.3) is 10.9 Å². The molecule has 1 fully saturated rings. The third-order valence-electron chi connectivity index (χ3n) is 4.01. The maximum atomic E-state index is 12.5. The molecule has 1 aromatic carbocycles. The van der Waals surface area contributed by atoms with E-state index < -0.39 is 6.61 Å². The van der Waals surface area contributed by atoms with E-state index in [1.165, 1.54) is 6.07 Å². The minimum absolute atomic E-state index is 0.0465. The zero-order valence-electron chi connectivity index (χ0n) is 14.3. The number of aryl methyl sites for hydroxylation is 1. The molecule has 136 valence electrons. The van der Waals surface area contributed by atoms with Crippen molar-refractivity contribution in [2.75, 3.05) is 25.1 Å². The van der Waals surface area contributed by atoms with E-state index in [4.69, 9.17) is 9.47 Å². The molecule has 0 bridgehead atoms. The van der Waals surface area contributed by atoms with Gasteiger partial charge in [0, 0.05) is 29.4 Å². The summed E-state index contributed by atoms with van der Waals surface area (Å²) in [6.45, 7) is 2.96. The van der Waals surface area contributed by atoms with Crippen molar-refractivity contribution in [2.45, 2.75) is 39.0 Å². The molecule has 1 aliphatic heterocycles. The first-order chi connectivity index (χ1) is 12.0. The third kappa shape index (κ3) is 4.76. The smallest absolute Gasteiger partial charge is 0.387 e. The van der Waals surface area contributed by atoms with Crippen molar-refractivity contribution in [1.82, 2.24) is 4.98 Å². The number of alkyl halides is 2. The Morgan fingerprint density at radius 1 is 1.36 bits per heavy atom. The zero-order chi connectivity index (χ0) is 17.8. The molecule has 2 unspecified atom stereocenters. The number of anilines is 1. The second-order valence-electron chi connectivity index (χ2n) is 6.23. The predicted octanol–water partition coefficient (Wildman–Crippen LogP) is 3.75. The minimum Gasteiger partial charge on any atom is -0.435 e. The van der Waals surface area contributed by atoms with Crippen molar-refractivity contribution >= 4 is 16.6 Å². The number of rotatable bonds is 7. The van der Waals surface area contributed by atoms with Crippen LogP contribution < -0.4 is 10.1 Å². The Morgan fingerprint density at radius 2 is 2.20 bits per heavy atom. The lowest BCUT2D eigenvalue weighted by Crippen LogP contribution is -2.26. The molecule has 3 rings (SSSR count). The zero-order valence-corrected chi connectivity index (χ0v) is 14.3. The number of aromatic nitrogens is 1. The van der Waals surface area contributed by atoms with Crippen LogP contribution in [0.1, 0.15) is 19.0 Å². The maximum absolute atomic E-state index is 12.5. The van der Waals surface area contributed by atoms with Crippen molar-refractivity contribution in [3.05, 3.63) is 30.0 Å². The van der Waals surface area contributed by atoms with Crippen molar-refractivity contribution in [1.29, 1.82) is 0 Å². The highest BCUT2D eigenvalue weighted by Gasteiger charge is 2.17. The van der Waals surface area contributed by atoms with Gasteiger partial charge in [-0.2, -0.15) is 8.78 Å². The summed E-state index contributed by atoms with van der Waals surface area (Å²) in [5.41, 5.74) is 2.39. The summed E-state index contributed by atoms with van der Waals surface area (Å²) >= 11 is 0. The number of nitrogens with one attached hydrogen (secondary N) is 1. The van der Waals surface area contributed by atoms with Gasteiger partial charge in [0.05, 0.1) is 24.8 Å². The summed E-state index contributed by atoms with van der Waals surface area (Å²) in [7, 11) is 0. The number of hydrogen-bond acceptors (Lipinski definition) is 5. The highest BCUT2D eigenvalue weighted by atomic mass is 19.3. The van der Waals surface area contributed by atoms with Gasteiger partial charge in [0.2, 0.25) is 0 Å². The van der Waals surface area contributed by atoms with E-state index in [1.807, 2.05) is 19.9 Å². The van der Waals surface area contributed by atoms with Crippen molar-refractivity contribution in [3.8, 4) is 5.75 Å². The topological polar surface area (TPSA) is 52.6 Å². The van der Waals surface area contributed by atoms with Crippen LogP contribution in [-0.2, 0) is 9.47 Å². The highest BCUT2D eigenvalue weighted by molar-refractivity contribution is 5.92. The number of ether oxygens (including phenoxy) is 3. The SMILES string of the molecule is Cc1cc(NC(C)COC2CCOC2)c2cc(OC(F)F)ccc2n1. The Morgan fingerprint density at radius 3 is 2.92 bits per heavy atom. The van der Waals surface area contributed by atoms with E-state index in [-0.39, 0.29) is 17.9 Å². The molecular weight excluding hydrogens is 330 g/mol. The molecule has 2 atom stereocenters. The number of fused-ring (bicyclic) bond motifs is 1. The lowest BCUT2D eigenvalue weighted by atomic mass is 10.1. The van der Waals surface area contributed by atoms with Crippen LogP contribution in [0, 0.1) is 6.92 Å². The number of pyridine rings is 1. The maximum Gasteiger partial charge on any atom is 0.387 e. The molecule has 0 spiro atoms. The van der Waals surface area contributed by atoms with Crippen LogP contribution >= 0.6 is 0 Å². The van der Waals surface area contributed by atoms with Crippen LogP contribution in [0.4, 0.5) is 14.5 Å². The number of benzene rings is 1. The Bertz CT molecular complexity index is 721. The van der Waals surface area contributed by atoms with Gasteiger partial charge in [-0.25, -0.2) is 0 Å². The third-order valence-corrected chi connectivity index (χ3v) is 4.01. The Hall–Kier alpha value is -1.99. The van der Waals surface area contributed by atoms with Crippen molar-refractivity contribution in [3.63, 3.8) is 0 Å². The van der Waals surface area contributed by atoms with Gasteiger partial charge in [0.25, 0.3) is 0 Å². The van der Waals surface area contributed by atoms with Crippen molar-refractivity contribution in [2.24, 2.45) is 0 Å². The first-order valence-electron chi connectivity index (χ1n) is 8.33. The molecule has 2 aromatic rings. The monoisotopic (exact) mass is 352 g/mol. The van der Waals surface area contributed by atoms with E-state index in [0.29, 0.717) is 13.2 Å². The lowest BCUT2D eigenvalue weighted by Gasteiger charge is -2.19. The average molecular weight is 352 g/mol. The molecule has 0 aliphatic carbocycles. The van der Waals surface area contributed by atoms with Crippen molar-refractivity contribution < 1.29 is 23.0 Å². The molecule has 0 saturated carbocycles. The normalized spacial score (nSPS) is 18.7. The van der Waals surface area contributed by atoms with Gasteiger partial charge >= 0.3 is 6.61 Å². The summed E-state index contributed by atoms with van der Waals surface area (Å²) < 4.78 is 40.6. The molecule has 1 aliphatic rings.